The van der Waals surface area contributed by atoms with Crippen LogP contribution in [0.5, 0.6) is 0 Å². The van der Waals surface area contributed by atoms with E-state index in [2.05, 4.69) is 15.4 Å². The van der Waals surface area contributed by atoms with Gasteiger partial charge in [0.25, 0.3) is 0 Å². The van der Waals surface area contributed by atoms with Crippen molar-refractivity contribution in [3.63, 3.8) is 0 Å². The van der Waals surface area contributed by atoms with E-state index < -0.39 is 32.7 Å². The van der Waals surface area contributed by atoms with E-state index in [0.29, 0.717) is 30.2 Å². The Balaban J connectivity index is 1.72. The molecule has 31 heavy (non-hydrogen) atoms. The summed E-state index contributed by atoms with van der Waals surface area (Å²) in [6.07, 6.45) is 2.07. The molecule has 1 saturated heterocycles. The fourth-order valence-corrected chi connectivity index (χ4v) is 4.85. The van der Waals surface area contributed by atoms with Crippen molar-refractivity contribution in [3.05, 3.63) is 54.3 Å². The van der Waals surface area contributed by atoms with Gasteiger partial charge in [0.1, 0.15) is 16.8 Å². The van der Waals surface area contributed by atoms with Crippen LogP contribution in [0.15, 0.2) is 53.4 Å². The van der Waals surface area contributed by atoms with E-state index in [-0.39, 0.29) is 12.5 Å². The molecule has 1 fully saturated rings. The lowest BCUT2D eigenvalue weighted by molar-refractivity contribution is -0.117. The minimum absolute atomic E-state index is 0.184. The Labute approximate surface area is 184 Å². The number of benzene rings is 2. The molecule has 11 heteroatoms. The number of halogens is 1. The number of nitrogens with one attached hydrogen (secondary N) is 3. The third kappa shape index (κ3) is 5.75. The van der Waals surface area contributed by atoms with Crippen LogP contribution in [0.3, 0.4) is 0 Å². The van der Waals surface area contributed by atoms with Crippen molar-refractivity contribution in [1.82, 2.24) is 10.0 Å². The quantitative estimate of drug-likeness (QED) is 0.526. The van der Waals surface area contributed by atoms with Crippen molar-refractivity contribution in [3.8, 4) is 0 Å². The summed E-state index contributed by atoms with van der Waals surface area (Å²) in [5.74, 6) is -0.915. The molecule has 2 aromatic rings. The molecule has 1 unspecified atom stereocenters. The summed E-state index contributed by atoms with van der Waals surface area (Å²) in [5, 5.41) is 5.39. The molecule has 2 aromatic carbocycles. The Morgan fingerprint density at radius 2 is 1.94 bits per heavy atom. The number of carbonyl (C=O) groups excluding carboxylic acids is 2. The largest absolute Gasteiger partial charge is 0.336 e. The summed E-state index contributed by atoms with van der Waals surface area (Å²) >= 11 is 1.46. The van der Waals surface area contributed by atoms with E-state index in [0.717, 1.165) is 12.1 Å². The highest BCUT2D eigenvalue weighted by molar-refractivity contribution is 7.98. The topological polar surface area (TPSA) is 108 Å². The Bertz CT molecular complexity index is 1050. The van der Waals surface area contributed by atoms with E-state index in [1.807, 2.05) is 6.26 Å². The Morgan fingerprint density at radius 3 is 2.55 bits per heavy atom. The summed E-state index contributed by atoms with van der Waals surface area (Å²) in [6, 6.07) is 10.4. The van der Waals surface area contributed by atoms with Crippen molar-refractivity contribution >= 4 is 45.1 Å². The number of urea groups is 1. The van der Waals surface area contributed by atoms with Gasteiger partial charge in [0.15, 0.2) is 0 Å². The maximum absolute atomic E-state index is 14.0. The number of sulfonamides is 1. The van der Waals surface area contributed by atoms with Gasteiger partial charge < -0.3 is 10.6 Å². The maximum Gasteiger partial charge on any atom is 0.321 e. The molecule has 166 valence electrons. The number of rotatable bonds is 9. The molecular weight excluding hydrogens is 443 g/mol. The highest BCUT2D eigenvalue weighted by atomic mass is 32.2. The second-order valence-electron chi connectivity index (χ2n) is 6.81. The van der Waals surface area contributed by atoms with E-state index in [1.165, 1.54) is 23.9 Å². The molecular formula is C20H23FN4O4S2. The third-order valence-electron chi connectivity index (χ3n) is 4.65. The van der Waals surface area contributed by atoms with Gasteiger partial charge in [-0.2, -0.15) is 16.5 Å². The average molecular weight is 467 g/mol. The van der Waals surface area contributed by atoms with Crippen LogP contribution in [0.25, 0.3) is 0 Å². The summed E-state index contributed by atoms with van der Waals surface area (Å²) in [7, 11) is -4.23. The van der Waals surface area contributed by atoms with Crippen LogP contribution in [0.4, 0.5) is 20.6 Å². The number of hydrogen-bond acceptors (Lipinski definition) is 5. The number of anilines is 2. The van der Waals surface area contributed by atoms with Gasteiger partial charge in [0, 0.05) is 24.5 Å². The number of thioether (sulfide) groups is 1. The van der Waals surface area contributed by atoms with Crippen molar-refractivity contribution < 1.29 is 22.4 Å². The highest BCUT2D eigenvalue weighted by Gasteiger charge is 2.27. The van der Waals surface area contributed by atoms with Gasteiger partial charge in [-0.3, -0.25) is 9.69 Å². The van der Waals surface area contributed by atoms with E-state index in [9.17, 15) is 22.4 Å². The minimum atomic E-state index is -4.23. The summed E-state index contributed by atoms with van der Waals surface area (Å²) in [4.78, 5) is 25.6. The zero-order valence-corrected chi connectivity index (χ0v) is 18.4. The molecule has 3 N–H and O–H groups in total. The van der Waals surface area contributed by atoms with Crippen LogP contribution < -0.4 is 20.3 Å². The smallest absolute Gasteiger partial charge is 0.321 e. The standard InChI is InChI=1S/C20H23FN4O4S2/c1-30-13-10-17(24-31(28,29)18-5-3-2-4-16(18)21)19(26)23-14-6-8-15(9-7-14)25-12-11-22-20(25)27/h2-9,17,24H,10-13H2,1H3,(H,22,27)(H,23,26). The molecule has 8 nitrogen and oxygen atoms in total. The zero-order chi connectivity index (χ0) is 22.4. The lowest BCUT2D eigenvalue weighted by atomic mass is 10.2. The molecule has 0 radical (unpaired) electrons. The van der Waals surface area contributed by atoms with Gasteiger partial charge in [0.05, 0.1) is 0 Å². The zero-order valence-electron chi connectivity index (χ0n) is 16.8. The van der Waals surface area contributed by atoms with Crippen molar-refractivity contribution in [1.29, 1.82) is 0 Å². The fraction of sp³-hybridized carbons (Fsp3) is 0.300. The van der Waals surface area contributed by atoms with Crippen LogP contribution in [-0.4, -0.2) is 51.5 Å². The number of hydrogen-bond donors (Lipinski definition) is 3. The minimum Gasteiger partial charge on any atom is -0.336 e. The molecule has 1 atom stereocenters. The molecule has 0 saturated carbocycles. The van der Waals surface area contributed by atoms with Crippen LogP contribution in [0, 0.1) is 5.82 Å². The van der Waals surface area contributed by atoms with Crippen molar-refractivity contribution in [2.45, 2.75) is 17.4 Å². The SMILES string of the molecule is CSCCC(NS(=O)(=O)c1ccccc1F)C(=O)Nc1ccc(N2CCNC2=O)cc1. The second-order valence-corrected chi connectivity index (χ2v) is 9.47. The summed E-state index contributed by atoms with van der Waals surface area (Å²) in [6.45, 7) is 1.12. The van der Waals surface area contributed by atoms with Gasteiger partial charge in [0.2, 0.25) is 15.9 Å². The Kier molecular flexibility index (Phi) is 7.52. The predicted molar refractivity (Wildman–Crippen MR) is 119 cm³/mol. The molecule has 1 heterocycles. The normalized spacial score (nSPS) is 14.9. The number of amides is 3. The first-order valence-corrected chi connectivity index (χ1v) is 12.4. The molecule has 0 bridgehead atoms. The van der Waals surface area contributed by atoms with Crippen molar-refractivity contribution in [2.24, 2.45) is 0 Å². The van der Waals surface area contributed by atoms with E-state index >= 15 is 0 Å². The van der Waals surface area contributed by atoms with Crippen LogP contribution >= 0.6 is 11.8 Å². The van der Waals surface area contributed by atoms with Gasteiger partial charge in [-0.05, 0) is 54.8 Å². The van der Waals surface area contributed by atoms with E-state index in [4.69, 9.17) is 0 Å². The van der Waals surface area contributed by atoms with Gasteiger partial charge in [-0.15, -0.1) is 0 Å². The first-order chi connectivity index (χ1) is 14.8. The molecule has 0 spiro atoms. The molecule has 1 aliphatic heterocycles. The molecule has 0 aromatic heterocycles. The molecule has 0 aliphatic carbocycles. The van der Waals surface area contributed by atoms with Gasteiger partial charge in [-0.25, -0.2) is 17.6 Å². The fourth-order valence-electron chi connectivity index (χ4n) is 3.06. The van der Waals surface area contributed by atoms with Gasteiger partial charge in [-0.1, -0.05) is 12.1 Å². The van der Waals surface area contributed by atoms with Crippen molar-refractivity contribution in [2.75, 3.05) is 35.3 Å². The van der Waals surface area contributed by atoms with Crippen LogP contribution in [-0.2, 0) is 14.8 Å². The first kappa shape index (κ1) is 23.0. The Morgan fingerprint density at radius 1 is 1.23 bits per heavy atom. The molecule has 1 aliphatic rings. The molecule has 3 rings (SSSR count). The monoisotopic (exact) mass is 466 g/mol. The lowest BCUT2D eigenvalue weighted by Gasteiger charge is -2.19. The summed E-state index contributed by atoms with van der Waals surface area (Å²) in [5.41, 5.74) is 1.14. The first-order valence-electron chi connectivity index (χ1n) is 9.54. The second kappa shape index (κ2) is 10.1. The number of nitrogens with zero attached hydrogens (tertiary/aromatic N) is 1. The number of carbonyl (C=O) groups is 2. The third-order valence-corrected chi connectivity index (χ3v) is 6.80. The van der Waals surface area contributed by atoms with E-state index in [1.54, 1.807) is 29.2 Å². The average Bonchev–Trinajstić information content (AvgIpc) is 3.17. The molecule has 3 amide bonds. The lowest BCUT2D eigenvalue weighted by Crippen LogP contribution is -2.44. The predicted octanol–water partition coefficient (Wildman–Crippen LogP) is 2.39. The maximum atomic E-state index is 14.0. The van der Waals surface area contributed by atoms with Crippen LogP contribution in [0.2, 0.25) is 0 Å². The highest BCUT2D eigenvalue weighted by Crippen LogP contribution is 2.20. The summed E-state index contributed by atoms with van der Waals surface area (Å²) < 4.78 is 41.5. The van der Waals surface area contributed by atoms with Gasteiger partial charge >= 0.3 is 6.03 Å². The Hall–Kier alpha value is -2.63. The van der Waals surface area contributed by atoms with Crippen LogP contribution in [0.1, 0.15) is 6.42 Å².